The molecule has 1 aromatic heterocycles. The molecule has 0 aliphatic carbocycles. The smallest absolute Gasteiger partial charge is 0.228 e. The van der Waals surface area contributed by atoms with Crippen molar-refractivity contribution in [1.82, 2.24) is 9.55 Å². The minimum atomic E-state index is -0.0858. The first-order chi connectivity index (χ1) is 13.7. The van der Waals surface area contributed by atoms with E-state index in [1.54, 1.807) is 32.0 Å². The van der Waals surface area contributed by atoms with Gasteiger partial charge >= 0.3 is 0 Å². The van der Waals surface area contributed by atoms with Gasteiger partial charge in [0, 0.05) is 29.7 Å². The highest BCUT2D eigenvalue weighted by molar-refractivity contribution is 7.99. The zero-order valence-corrected chi connectivity index (χ0v) is 16.6. The van der Waals surface area contributed by atoms with Crippen LogP contribution in [0.3, 0.4) is 0 Å². The van der Waals surface area contributed by atoms with Crippen molar-refractivity contribution in [1.29, 1.82) is 0 Å². The predicted octanol–water partition coefficient (Wildman–Crippen LogP) is 3.85. The first-order valence-corrected chi connectivity index (χ1v) is 9.96. The highest BCUT2D eigenvalue weighted by Gasteiger charge is 2.15. The number of fused-ring (bicyclic) bond motifs is 1. The molecule has 6 nitrogen and oxygen atoms in total. The first-order valence-electron chi connectivity index (χ1n) is 8.97. The standard InChI is InChI=1S/C21H21N3O3S/c1-26-18-8-3-14(11-19(18)27-2)12-20(25)22-16-6-4-15(5-7-16)17-13-24-9-10-28-21(24)23-17/h3-8,11,13H,9-10,12H2,1-2H3,(H,22,25). The van der Waals surface area contributed by atoms with Crippen LogP contribution >= 0.6 is 11.8 Å². The Balaban J connectivity index is 1.40. The molecular weight excluding hydrogens is 374 g/mol. The van der Waals surface area contributed by atoms with E-state index < -0.39 is 0 Å². The highest BCUT2D eigenvalue weighted by Crippen LogP contribution is 2.30. The molecule has 7 heteroatoms. The highest BCUT2D eigenvalue weighted by atomic mass is 32.2. The molecule has 4 rings (SSSR count). The normalized spacial score (nSPS) is 12.5. The number of amides is 1. The van der Waals surface area contributed by atoms with Crippen LogP contribution in [0.25, 0.3) is 11.3 Å². The van der Waals surface area contributed by atoms with Crippen LogP contribution in [0.4, 0.5) is 5.69 Å². The summed E-state index contributed by atoms with van der Waals surface area (Å²) in [6.45, 7) is 1.01. The molecule has 2 heterocycles. The molecule has 144 valence electrons. The number of imidazole rings is 1. The number of carbonyl (C=O) groups is 1. The van der Waals surface area contributed by atoms with Gasteiger partial charge in [-0.1, -0.05) is 30.0 Å². The van der Waals surface area contributed by atoms with Crippen LogP contribution in [-0.4, -0.2) is 35.4 Å². The number of anilines is 1. The lowest BCUT2D eigenvalue weighted by Gasteiger charge is -2.10. The quantitative estimate of drug-likeness (QED) is 0.687. The maximum atomic E-state index is 12.4. The van der Waals surface area contributed by atoms with E-state index >= 15 is 0 Å². The zero-order chi connectivity index (χ0) is 19.5. The number of aryl methyl sites for hydroxylation is 1. The molecule has 3 aromatic rings. The monoisotopic (exact) mass is 395 g/mol. The van der Waals surface area contributed by atoms with E-state index in [9.17, 15) is 4.79 Å². The van der Waals surface area contributed by atoms with Gasteiger partial charge < -0.3 is 19.4 Å². The van der Waals surface area contributed by atoms with Crippen molar-refractivity contribution in [3.63, 3.8) is 0 Å². The van der Waals surface area contributed by atoms with Gasteiger partial charge in [0.25, 0.3) is 0 Å². The number of hydrogen-bond donors (Lipinski definition) is 1. The Morgan fingerprint density at radius 2 is 1.93 bits per heavy atom. The summed E-state index contributed by atoms with van der Waals surface area (Å²) in [6, 6.07) is 13.2. The van der Waals surface area contributed by atoms with E-state index in [4.69, 9.17) is 9.47 Å². The fourth-order valence-electron chi connectivity index (χ4n) is 3.15. The number of carbonyl (C=O) groups excluding carboxylic acids is 1. The minimum Gasteiger partial charge on any atom is -0.493 e. The van der Waals surface area contributed by atoms with Crippen molar-refractivity contribution >= 4 is 23.4 Å². The van der Waals surface area contributed by atoms with E-state index in [-0.39, 0.29) is 12.3 Å². The van der Waals surface area contributed by atoms with Gasteiger partial charge in [-0.3, -0.25) is 4.79 Å². The third kappa shape index (κ3) is 3.84. The number of thioether (sulfide) groups is 1. The molecule has 0 fully saturated rings. The van der Waals surface area contributed by atoms with Crippen molar-refractivity contribution in [2.45, 2.75) is 18.1 Å². The van der Waals surface area contributed by atoms with Crippen molar-refractivity contribution < 1.29 is 14.3 Å². The summed E-state index contributed by atoms with van der Waals surface area (Å²) < 4.78 is 12.7. The molecule has 28 heavy (non-hydrogen) atoms. The number of nitrogens with zero attached hydrogens (tertiary/aromatic N) is 2. The number of methoxy groups -OCH3 is 2. The van der Waals surface area contributed by atoms with Gasteiger partial charge in [-0.2, -0.15) is 0 Å². The average molecular weight is 395 g/mol. The summed E-state index contributed by atoms with van der Waals surface area (Å²) >= 11 is 1.78. The lowest BCUT2D eigenvalue weighted by Crippen LogP contribution is -2.14. The number of benzene rings is 2. The molecule has 0 unspecified atom stereocenters. The summed E-state index contributed by atoms with van der Waals surface area (Å²) in [7, 11) is 3.17. The largest absolute Gasteiger partial charge is 0.493 e. The van der Waals surface area contributed by atoms with Gasteiger partial charge in [0.05, 0.1) is 26.3 Å². The van der Waals surface area contributed by atoms with Gasteiger partial charge in [-0.05, 0) is 29.8 Å². The van der Waals surface area contributed by atoms with Gasteiger partial charge in [-0.15, -0.1) is 0 Å². The lowest BCUT2D eigenvalue weighted by atomic mass is 10.1. The van der Waals surface area contributed by atoms with Gasteiger partial charge in [-0.25, -0.2) is 4.98 Å². The third-order valence-electron chi connectivity index (χ3n) is 4.58. The Kier molecular flexibility index (Phi) is 5.25. The number of nitrogens with one attached hydrogen (secondary N) is 1. The van der Waals surface area contributed by atoms with Crippen LogP contribution in [0, 0.1) is 0 Å². The second kappa shape index (κ2) is 7.98. The summed E-state index contributed by atoms with van der Waals surface area (Å²) in [5.74, 6) is 2.26. The molecule has 0 saturated heterocycles. The molecule has 0 spiro atoms. The molecule has 0 saturated carbocycles. The fourth-order valence-corrected chi connectivity index (χ4v) is 4.10. The number of rotatable bonds is 6. The molecule has 1 aliphatic rings. The molecule has 0 bridgehead atoms. The second-order valence-electron chi connectivity index (χ2n) is 6.44. The van der Waals surface area contributed by atoms with Crippen molar-refractivity contribution in [3.05, 3.63) is 54.2 Å². The van der Waals surface area contributed by atoms with Gasteiger partial charge in [0.1, 0.15) is 0 Å². The van der Waals surface area contributed by atoms with E-state index in [0.717, 1.165) is 40.0 Å². The number of hydrogen-bond acceptors (Lipinski definition) is 5. The summed E-state index contributed by atoms with van der Waals surface area (Å²) in [6.07, 6.45) is 2.34. The van der Waals surface area contributed by atoms with Crippen LogP contribution in [0.2, 0.25) is 0 Å². The fraction of sp³-hybridized carbons (Fsp3) is 0.238. The Bertz CT molecular complexity index is 977. The van der Waals surface area contributed by atoms with Gasteiger partial charge in [0.15, 0.2) is 16.7 Å². The third-order valence-corrected chi connectivity index (χ3v) is 5.55. The Hall–Kier alpha value is -2.93. The Labute approximate surface area is 167 Å². The number of aromatic nitrogens is 2. The van der Waals surface area contributed by atoms with Crippen LogP contribution in [0.1, 0.15) is 5.56 Å². The molecule has 1 aliphatic heterocycles. The molecule has 1 amide bonds. The van der Waals surface area contributed by atoms with Crippen LogP contribution in [0.15, 0.2) is 53.8 Å². The van der Waals surface area contributed by atoms with E-state index in [2.05, 4.69) is 21.1 Å². The Morgan fingerprint density at radius 3 is 2.64 bits per heavy atom. The molecule has 0 atom stereocenters. The molecule has 1 N–H and O–H groups in total. The minimum absolute atomic E-state index is 0.0858. The summed E-state index contributed by atoms with van der Waals surface area (Å²) in [4.78, 5) is 17.0. The maximum absolute atomic E-state index is 12.4. The lowest BCUT2D eigenvalue weighted by molar-refractivity contribution is -0.115. The zero-order valence-electron chi connectivity index (χ0n) is 15.8. The maximum Gasteiger partial charge on any atom is 0.228 e. The Morgan fingerprint density at radius 1 is 1.14 bits per heavy atom. The summed E-state index contributed by atoms with van der Waals surface area (Å²) in [5, 5.41) is 4.00. The molecule has 2 aromatic carbocycles. The molecule has 0 radical (unpaired) electrons. The van der Waals surface area contributed by atoms with Crippen molar-refractivity contribution in [2.24, 2.45) is 0 Å². The van der Waals surface area contributed by atoms with E-state index in [1.807, 2.05) is 36.4 Å². The van der Waals surface area contributed by atoms with Crippen LogP contribution in [0.5, 0.6) is 11.5 Å². The number of ether oxygens (including phenoxy) is 2. The van der Waals surface area contributed by atoms with E-state index in [1.165, 1.54) is 0 Å². The van der Waals surface area contributed by atoms with Crippen molar-refractivity contribution in [3.8, 4) is 22.8 Å². The molecular formula is C21H21N3O3S. The SMILES string of the molecule is COc1ccc(CC(=O)Nc2ccc(-c3cn4c(n3)SCC4)cc2)cc1OC. The summed E-state index contributed by atoms with van der Waals surface area (Å²) in [5.41, 5.74) is 3.62. The van der Waals surface area contributed by atoms with Crippen molar-refractivity contribution in [2.75, 3.05) is 25.3 Å². The average Bonchev–Trinajstić information content (AvgIpc) is 3.30. The van der Waals surface area contributed by atoms with Crippen LogP contribution < -0.4 is 14.8 Å². The van der Waals surface area contributed by atoms with Gasteiger partial charge in [0.2, 0.25) is 5.91 Å². The van der Waals surface area contributed by atoms with Crippen LogP contribution in [-0.2, 0) is 17.8 Å². The van der Waals surface area contributed by atoms with E-state index in [0.29, 0.717) is 11.5 Å². The first kappa shape index (κ1) is 18.4. The second-order valence-corrected chi connectivity index (χ2v) is 7.50. The predicted molar refractivity (Wildman–Crippen MR) is 110 cm³/mol. The topological polar surface area (TPSA) is 65.4 Å².